The van der Waals surface area contributed by atoms with Crippen molar-refractivity contribution < 1.29 is 13.2 Å². The average molecular weight is 290 g/mol. The first kappa shape index (κ1) is 13.7. The molecule has 0 spiro atoms. The van der Waals surface area contributed by atoms with E-state index in [4.69, 9.17) is 11.6 Å². The van der Waals surface area contributed by atoms with E-state index in [9.17, 15) is 13.2 Å². The van der Waals surface area contributed by atoms with Crippen LogP contribution in [-0.2, 0) is 6.18 Å². The zero-order valence-corrected chi connectivity index (χ0v) is 10.8. The van der Waals surface area contributed by atoms with Crippen LogP contribution in [-0.4, -0.2) is 23.5 Å². The van der Waals surface area contributed by atoms with Crippen LogP contribution in [0.25, 0.3) is 0 Å². The van der Waals surface area contributed by atoms with Crippen molar-refractivity contribution in [1.82, 2.24) is 9.88 Å². The van der Waals surface area contributed by atoms with Gasteiger partial charge in [0.2, 0.25) is 0 Å². The van der Waals surface area contributed by atoms with Crippen LogP contribution in [0.15, 0.2) is 36.3 Å². The highest BCUT2D eigenvalue weighted by molar-refractivity contribution is 6.29. The number of hydrogen-bond acceptors (Lipinski definition) is 3. The Hall–Kier alpha value is -1.69. The second kappa shape index (κ2) is 5.13. The maximum absolute atomic E-state index is 12.8. The molecule has 0 bridgehead atoms. The minimum atomic E-state index is -4.48. The van der Waals surface area contributed by atoms with Crippen LogP contribution in [0.2, 0.25) is 5.15 Å². The Morgan fingerprint density at radius 1 is 1.42 bits per heavy atom. The van der Waals surface area contributed by atoms with Gasteiger partial charge >= 0.3 is 6.18 Å². The number of hydrogen-bond donors (Lipinski definition) is 1. The van der Waals surface area contributed by atoms with Crippen molar-refractivity contribution in [3.63, 3.8) is 0 Å². The summed E-state index contributed by atoms with van der Waals surface area (Å²) in [6.45, 7) is 0.494. The lowest BCUT2D eigenvalue weighted by molar-refractivity contribution is -0.137. The number of pyridine rings is 1. The molecule has 2 rings (SSSR count). The lowest BCUT2D eigenvalue weighted by Crippen LogP contribution is -2.22. The van der Waals surface area contributed by atoms with Crippen LogP contribution in [0.1, 0.15) is 5.56 Å². The van der Waals surface area contributed by atoms with Gasteiger partial charge in [-0.2, -0.15) is 13.2 Å². The lowest BCUT2D eigenvalue weighted by atomic mass is 10.2. The van der Waals surface area contributed by atoms with Crippen LogP contribution in [0.3, 0.4) is 0 Å². The molecule has 0 aliphatic carbocycles. The third kappa shape index (κ3) is 3.41. The standard InChI is InChI=1S/C12H11ClF3N3/c1-19-4-2-3-8(7-19)18-10-5-11(13)17-6-9(10)12(14,15)16/h2-6H,7H2,1H3,(H,17,18). The number of halogens is 4. The summed E-state index contributed by atoms with van der Waals surface area (Å²) < 4.78 is 38.5. The number of nitrogens with one attached hydrogen (secondary N) is 1. The second-order valence-corrected chi connectivity index (χ2v) is 4.51. The number of alkyl halides is 3. The molecule has 7 heteroatoms. The number of aromatic nitrogens is 1. The lowest BCUT2D eigenvalue weighted by Gasteiger charge is -2.22. The Balaban J connectivity index is 2.31. The van der Waals surface area contributed by atoms with Gasteiger partial charge in [0.15, 0.2) is 0 Å². The van der Waals surface area contributed by atoms with Crippen LogP contribution in [0.4, 0.5) is 18.9 Å². The zero-order valence-electron chi connectivity index (χ0n) is 10.0. The van der Waals surface area contributed by atoms with E-state index in [-0.39, 0.29) is 10.8 Å². The summed E-state index contributed by atoms with van der Waals surface area (Å²) in [6.07, 6.45) is 1.55. The van der Waals surface area contributed by atoms with Crippen molar-refractivity contribution in [2.45, 2.75) is 6.18 Å². The Morgan fingerprint density at radius 2 is 2.16 bits per heavy atom. The van der Waals surface area contributed by atoms with Gasteiger partial charge < -0.3 is 10.2 Å². The fourth-order valence-corrected chi connectivity index (χ4v) is 1.85. The van der Waals surface area contributed by atoms with E-state index >= 15 is 0 Å². The smallest absolute Gasteiger partial charge is 0.375 e. The summed E-state index contributed by atoms with van der Waals surface area (Å²) in [6, 6.07) is 1.17. The first-order valence-corrected chi connectivity index (χ1v) is 5.81. The molecule has 1 aromatic rings. The average Bonchev–Trinajstić information content (AvgIpc) is 2.27. The summed E-state index contributed by atoms with van der Waals surface area (Å²) in [5.74, 6) is 0. The summed E-state index contributed by atoms with van der Waals surface area (Å²) in [5, 5.41) is 2.76. The van der Waals surface area contributed by atoms with E-state index in [1.54, 1.807) is 12.2 Å². The molecular weight excluding hydrogens is 279 g/mol. The van der Waals surface area contributed by atoms with Gasteiger partial charge in [-0.15, -0.1) is 0 Å². The second-order valence-electron chi connectivity index (χ2n) is 4.12. The molecule has 0 aromatic carbocycles. The molecule has 2 heterocycles. The Kier molecular flexibility index (Phi) is 3.71. The van der Waals surface area contributed by atoms with Gasteiger partial charge in [-0.1, -0.05) is 11.6 Å². The molecule has 0 saturated heterocycles. The molecule has 1 aromatic heterocycles. The fraction of sp³-hybridized carbons (Fsp3) is 0.250. The van der Waals surface area contributed by atoms with E-state index in [0.717, 1.165) is 6.20 Å². The highest BCUT2D eigenvalue weighted by atomic mass is 35.5. The molecule has 1 aliphatic heterocycles. The Morgan fingerprint density at radius 3 is 2.79 bits per heavy atom. The molecular formula is C12H11ClF3N3. The highest BCUT2D eigenvalue weighted by Gasteiger charge is 2.34. The fourth-order valence-electron chi connectivity index (χ4n) is 1.69. The monoisotopic (exact) mass is 289 g/mol. The van der Waals surface area contributed by atoms with Gasteiger partial charge in [0.1, 0.15) is 5.15 Å². The molecule has 3 nitrogen and oxygen atoms in total. The summed E-state index contributed by atoms with van der Waals surface area (Å²) in [7, 11) is 1.83. The number of rotatable bonds is 2. The van der Waals surface area contributed by atoms with Crippen molar-refractivity contribution in [3.05, 3.63) is 47.0 Å². The minimum Gasteiger partial charge on any atom is -0.375 e. The van der Waals surface area contributed by atoms with E-state index in [0.29, 0.717) is 12.2 Å². The first-order valence-electron chi connectivity index (χ1n) is 5.43. The minimum absolute atomic E-state index is 0.0100. The van der Waals surface area contributed by atoms with Crippen LogP contribution in [0, 0.1) is 0 Å². The highest BCUT2D eigenvalue weighted by Crippen LogP contribution is 2.35. The molecule has 1 N–H and O–H groups in total. The van der Waals surface area contributed by atoms with E-state index in [2.05, 4.69) is 10.3 Å². The van der Waals surface area contributed by atoms with E-state index in [1.165, 1.54) is 6.07 Å². The van der Waals surface area contributed by atoms with Crippen molar-refractivity contribution in [2.75, 3.05) is 18.9 Å². The molecule has 0 fully saturated rings. The van der Waals surface area contributed by atoms with Gasteiger partial charge in [0.05, 0.1) is 17.8 Å². The van der Waals surface area contributed by atoms with Crippen molar-refractivity contribution in [3.8, 4) is 0 Å². The molecule has 0 radical (unpaired) electrons. The molecule has 19 heavy (non-hydrogen) atoms. The third-order valence-electron chi connectivity index (χ3n) is 2.53. The predicted molar refractivity (Wildman–Crippen MR) is 67.7 cm³/mol. The SMILES string of the molecule is CN1C=CC=C(Nc2cc(Cl)ncc2C(F)(F)F)C1. The maximum atomic E-state index is 12.8. The number of allylic oxidation sites excluding steroid dienone is 2. The summed E-state index contributed by atoms with van der Waals surface area (Å²) in [5.41, 5.74) is -0.282. The Labute approximate surface area is 113 Å². The van der Waals surface area contributed by atoms with Gasteiger partial charge in [-0.05, 0) is 24.4 Å². The van der Waals surface area contributed by atoms with Gasteiger partial charge in [0.25, 0.3) is 0 Å². The quantitative estimate of drug-likeness (QED) is 0.845. The number of nitrogens with zero attached hydrogens (tertiary/aromatic N) is 2. The molecule has 102 valence electrons. The van der Waals surface area contributed by atoms with E-state index < -0.39 is 11.7 Å². The largest absolute Gasteiger partial charge is 0.419 e. The van der Waals surface area contributed by atoms with E-state index in [1.807, 2.05) is 18.1 Å². The van der Waals surface area contributed by atoms with Gasteiger partial charge in [-0.3, -0.25) is 0 Å². The molecule has 0 unspecified atom stereocenters. The predicted octanol–water partition coefficient (Wildman–Crippen LogP) is 3.51. The van der Waals surface area contributed by atoms with Crippen LogP contribution in [0.5, 0.6) is 0 Å². The zero-order chi connectivity index (χ0) is 14.0. The molecule has 0 saturated carbocycles. The maximum Gasteiger partial charge on any atom is 0.419 e. The summed E-state index contributed by atoms with van der Waals surface area (Å²) in [4.78, 5) is 5.32. The van der Waals surface area contributed by atoms with Gasteiger partial charge in [-0.25, -0.2) is 4.98 Å². The third-order valence-corrected chi connectivity index (χ3v) is 2.74. The number of likely N-dealkylation sites (N-methyl/N-ethyl adjacent to an activating group) is 1. The summed E-state index contributed by atoms with van der Waals surface area (Å²) >= 11 is 5.65. The molecule has 1 aliphatic rings. The molecule has 0 amide bonds. The van der Waals surface area contributed by atoms with Crippen molar-refractivity contribution in [2.24, 2.45) is 0 Å². The number of anilines is 1. The first-order chi connectivity index (χ1) is 8.86. The van der Waals surface area contributed by atoms with Crippen molar-refractivity contribution in [1.29, 1.82) is 0 Å². The molecule has 0 atom stereocenters. The van der Waals surface area contributed by atoms with Crippen LogP contribution >= 0.6 is 11.6 Å². The van der Waals surface area contributed by atoms with Crippen LogP contribution < -0.4 is 5.32 Å². The normalized spacial score (nSPS) is 15.4. The van der Waals surface area contributed by atoms with Gasteiger partial charge in [0, 0.05) is 18.9 Å². The Bertz CT molecular complexity index is 538. The van der Waals surface area contributed by atoms with Crippen molar-refractivity contribution >= 4 is 17.3 Å². The topological polar surface area (TPSA) is 28.2 Å².